The number of hydrogen-bond donors (Lipinski definition) is 1. The highest BCUT2D eigenvalue weighted by Crippen LogP contribution is 2.12. The van der Waals surface area contributed by atoms with E-state index in [0.717, 1.165) is 6.42 Å². The number of hydrogen-bond acceptors (Lipinski definition) is 3. The molecule has 0 saturated carbocycles. The van der Waals surface area contributed by atoms with E-state index in [2.05, 4.69) is 0 Å². The Bertz CT molecular complexity index is 153. The Kier molecular flexibility index (Phi) is 5.91. The van der Waals surface area contributed by atoms with Crippen molar-refractivity contribution in [3.8, 4) is 0 Å². The van der Waals surface area contributed by atoms with Crippen molar-refractivity contribution in [3.63, 3.8) is 0 Å². The Balaban J connectivity index is 3.92. The molecule has 0 aliphatic heterocycles. The predicted molar refractivity (Wildman–Crippen MR) is 53.6 cm³/mol. The molecule has 13 heavy (non-hydrogen) atoms. The van der Waals surface area contributed by atoms with Crippen LogP contribution in [0.5, 0.6) is 0 Å². The lowest BCUT2D eigenvalue weighted by atomic mass is 9.89. The third-order valence-electron chi connectivity index (χ3n) is 2.40. The molecule has 0 saturated heterocycles. The number of rotatable bonds is 7. The average Bonchev–Trinajstić information content (AvgIpc) is 2.17. The van der Waals surface area contributed by atoms with Gasteiger partial charge in [-0.15, -0.1) is 0 Å². The van der Waals surface area contributed by atoms with Crippen molar-refractivity contribution in [2.24, 2.45) is 5.73 Å². The normalized spacial score (nSPS) is 11.7. The van der Waals surface area contributed by atoms with E-state index in [1.54, 1.807) is 0 Å². The van der Waals surface area contributed by atoms with Crippen LogP contribution in [0.25, 0.3) is 0 Å². The first kappa shape index (κ1) is 12.6. The summed E-state index contributed by atoms with van der Waals surface area (Å²) in [6, 6.07) is 0. The Morgan fingerprint density at radius 1 is 1.31 bits per heavy atom. The SMILES string of the molecule is CCCOCC(=O)C(N)(CC)CC. The minimum atomic E-state index is -0.673. The number of Topliss-reactive ketones (excluding diaryl/α,β-unsaturated/α-hetero) is 1. The topological polar surface area (TPSA) is 52.3 Å². The lowest BCUT2D eigenvalue weighted by molar-refractivity contribution is -0.129. The highest BCUT2D eigenvalue weighted by molar-refractivity contribution is 5.89. The van der Waals surface area contributed by atoms with Crippen LogP contribution in [0.1, 0.15) is 40.0 Å². The molecular formula is C10H21NO2. The van der Waals surface area contributed by atoms with Gasteiger partial charge in [0.2, 0.25) is 0 Å². The minimum absolute atomic E-state index is 0.0194. The third kappa shape index (κ3) is 3.87. The molecule has 3 nitrogen and oxygen atoms in total. The molecule has 3 heteroatoms. The number of carbonyl (C=O) groups is 1. The highest BCUT2D eigenvalue weighted by Gasteiger charge is 2.29. The second kappa shape index (κ2) is 6.11. The Labute approximate surface area is 80.6 Å². The largest absolute Gasteiger partial charge is 0.374 e. The van der Waals surface area contributed by atoms with Crippen LogP contribution >= 0.6 is 0 Å². The molecule has 0 atom stereocenters. The summed E-state index contributed by atoms with van der Waals surface area (Å²) in [6.45, 7) is 6.67. The van der Waals surface area contributed by atoms with Gasteiger partial charge in [0.05, 0.1) is 5.54 Å². The van der Waals surface area contributed by atoms with Gasteiger partial charge in [-0.2, -0.15) is 0 Å². The molecule has 0 heterocycles. The molecule has 78 valence electrons. The molecule has 0 aliphatic rings. The van der Waals surface area contributed by atoms with Crippen LogP contribution < -0.4 is 5.73 Å². The third-order valence-corrected chi connectivity index (χ3v) is 2.40. The molecule has 0 fully saturated rings. The smallest absolute Gasteiger partial charge is 0.178 e. The molecule has 0 aromatic carbocycles. The van der Waals surface area contributed by atoms with Crippen LogP contribution in [0.3, 0.4) is 0 Å². The van der Waals surface area contributed by atoms with Gasteiger partial charge in [0.1, 0.15) is 6.61 Å². The van der Waals surface area contributed by atoms with Crippen LogP contribution in [0.2, 0.25) is 0 Å². The van der Waals surface area contributed by atoms with Crippen LogP contribution in [0.15, 0.2) is 0 Å². The first-order valence-electron chi connectivity index (χ1n) is 5.00. The van der Waals surface area contributed by atoms with Gasteiger partial charge in [0, 0.05) is 6.61 Å². The monoisotopic (exact) mass is 187 g/mol. The summed E-state index contributed by atoms with van der Waals surface area (Å²) in [6.07, 6.45) is 2.29. The summed E-state index contributed by atoms with van der Waals surface area (Å²) >= 11 is 0. The van der Waals surface area contributed by atoms with Crippen molar-refractivity contribution in [3.05, 3.63) is 0 Å². The molecule has 0 amide bonds. The number of carbonyl (C=O) groups excluding carboxylic acids is 1. The van der Waals surface area contributed by atoms with E-state index in [9.17, 15) is 4.79 Å². The quantitative estimate of drug-likeness (QED) is 0.614. The van der Waals surface area contributed by atoms with Crippen molar-refractivity contribution in [1.29, 1.82) is 0 Å². The summed E-state index contributed by atoms with van der Waals surface area (Å²) in [5.41, 5.74) is 5.22. The zero-order valence-electron chi connectivity index (χ0n) is 8.93. The number of nitrogens with two attached hydrogens (primary N) is 1. The summed E-state index contributed by atoms with van der Waals surface area (Å²) in [4.78, 5) is 11.6. The van der Waals surface area contributed by atoms with E-state index in [1.165, 1.54) is 0 Å². The average molecular weight is 187 g/mol. The van der Waals surface area contributed by atoms with Gasteiger partial charge in [-0.05, 0) is 19.3 Å². The Morgan fingerprint density at radius 3 is 2.23 bits per heavy atom. The Morgan fingerprint density at radius 2 is 1.85 bits per heavy atom. The first-order chi connectivity index (χ1) is 6.10. The van der Waals surface area contributed by atoms with Crippen LogP contribution in [-0.2, 0) is 9.53 Å². The Hall–Kier alpha value is -0.410. The fraction of sp³-hybridized carbons (Fsp3) is 0.900. The highest BCUT2D eigenvalue weighted by atomic mass is 16.5. The maximum absolute atomic E-state index is 11.6. The molecule has 0 aromatic heterocycles. The molecular weight excluding hydrogens is 166 g/mol. The molecule has 2 N–H and O–H groups in total. The first-order valence-corrected chi connectivity index (χ1v) is 5.00. The van der Waals surface area contributed by atoms with Gasteiger partial charge in [0.15, 0.2) is 5.78 Å². The number of ether oxygens (including phenoxy) is 1. The van der Waals surface area contributed by atoms with Crippen LogP contribution in [0.4, 0.5) is 0 Å². The maximum Gasteiger partial charge on any atom is 0.178 e. The van der Waals surface area contributed by atoms with Gasteiger partial charge in [0.25, 0.3) is 0 Å². The van der Waals surface area contributed by atoms with E-state index in [0.29, 0.717) is 19.4 Å². The van der Waals surface area contributed by atoms with Gasteiger partial charge in [-0.3, -0.25) is 4.79 Å². The lowest BCUT2D eigenvalue weighted by Gasteiger charge is -2.24. The van der Waals surface area contributed by atoms with Crippen molar-refractivity contribution < 1.29 is 9.53 Å². The minimum Gasteiger partial charge on any atom is -0.374 e. The van der Waals surface area contributed by atoms with Gasteiger partial charge in [-0.25, -0.2) is 0 Å². The lowest BCUT2D eigenvalue weighted by Crippen LogP contribution is -2.48. The standard InChI is InChI=1S/C10H21NO2/c1-4-7-13-8-9(12)10(11,5-2)6-3/h4-8,11H2,1-3H3. The molecule has 0 aliphatic carbocycles. The zero-order valence-corrected chi connectivity index (χ0v) is 8.93. The summed E-state index contributed by atoms with van der Waals surface area (Å²) in [7, 11) is 0. The molecule has 0 unspecified atom stereocenters. The predicted octanol–water partition coefficient (Wildman–Crippen LogP) is 1.50. The van der Waals surface area contributed by atoms with Crippen LogP contribution in [0, 0.1) is 0 Å². The van der Waals surface area contributed by atoms with Crippen molar-refractivity contribution >= 4 is 5.78 Å². The van der Waals surface area contributed by atoms with Crippen molar-refractivity contribution in [2.45, 2.75) is 45.6 Å². The fourth-order valence-electron chi connectivity index (χ4n) is 1.10. The van der Waals surface area contributed by atoms with E-state index in [1.807, 2.05) is 20.8 Å². The number of ketones is 1. The summed E-state index contributed by atoms with van der Waals surface area (Å²) in [5, 5.41) is 0. The van der Waals surface area contributed by atoms with Gasteiger partial charge < -0.3 is 10.5 Å². The molecule has 0 rings (SSSR count). The van der Waals surface area contributed by atoms with Crippen molar-refractivity contribution in [2.75, 3.05) is 13.2 Å². The van der Waals surface area contributed by atoms with Gasteiger partial charge in [-0.1, -0.05) is 20.8 Å². The van der Waals surface area contributed by atoms with E-state index >= 15 is 0 Å². The summed E-state index contributed by atoms with van der Waals surface area (Å²) in [5.74, 6) is 0.0194. The second-order valence-electron chi connectivity index (χ2n) is 3.34. The maximum atomic E-state index is 11.6. The molecule has 0 aromatic rings. The van der Waals surface area contributed by atoms with Crippen molar-refractivity contribution in [1.82, 2.24) is 0 Å². The molecule has 0 spiro atoms. The van der Waals surface area contributed by atoms with Gasteiger partial charge >= 0.3 is 0 Å². The molecule has 0 radical (unpaired) electrons. The van der Waals surface area contributed by atoms with E-state index in [-0.39, 0.29) is 12.4 Å². The second-order valence-corrected chi connectivity index (χ2v) is 3.34. The zero-order chi connectivity index (χ0) is 10.3. The summed E-state index contributed by atoms with van der Waals surface area (Å²) < 4.78 is 5.16. The van der Waals surface area contributed by atoms with E-state index in [4.69, 9.17) is 10.5 Å². The molecule has 0 bridgehead atoms. The van der Waals surface area contributed by atoms with E-state index < -0.39 is 5.54 Å². The van der Waals surface area contributed by atoms with Crippen LogP contribution in [-0.4, -0.2) is 24.5 Å². The fourth-order valence-corrected chi connectivity index (χ4v) is 1.10.